The van der Waals surface area contributed by atoms with Gasteiger partial charge in [0.1, 0.15) is 47.1 Å². The van der Waals surface area contributed by atoms with Crippen molar-refractivity contribution in [2.45, 2.75) is 226 Å². The number of primary amides is 1. The summed E-state index contributed by atoms with van der Waals surface area (Å²) in [6.07, 6.45) is 4.86. The minimum atomic E-state index is -1.20. The molecule has 2 aliphatic heterocycles. The van der Waals surface area contributed by atoms with E-state index in [1.54, 1.807) is 101 Å². The van der Waals surface area contributed by atoms with Crippen molar-refractivity contribution in [3.8, 4) is 0 Å². The van der Waals surface area contributed by atoms with Crippen molar-refractivity contribution in [1.29, 1.82) is 0 Å². The van der Waals surface area contributed by atoms with E-state index in [4.69, 9.17) is 67.3 Å². The normalized spacial score (nSPS) is 17.9. The van der Waals surface area contributed by atoms with Gasteiger partial charge in [-0.1, -0.05) is 96.5 Å². The van der Waals surface area contributed by atoms with Crippen LogP contribution in [0.4, 0.5) is 20.1 Å². The van der Waals surface area contributed by atoms with Gasteiger partial charge in [-0.3, -0.25) is 33.7 Å². The second-order valence-corrected chi connectivity index (χ2v) is 34.1. The molecule has 0 unspecified atom stereocenters. The van der Waals surface area contributed by atoms with E-state index in [0.717, 1.165) is 10.6 Å². The molecule has 13 atom stereocenters. The summed E-state index contributed by atoms with van der Waals surface area (Å²) in [7, 11) is 6.39. The Morgan fingerprint density at radius 3 is 1.90 bits per heavy atom. The summed E-state index contributed by atoms with van der Waals surface area (Å²) in [6.45, 7) is 25.0. The van der Waals surface area contributed by atoms with Crippen LogP contribution in [0, 0.1) is 29.6 Å². The van der Waals surface area contributed by atoms with Crippen LogP contribution in [-0.2, 0) is 123 Å². The fourth-order valence-electron chi connectivity index (χ4n) is 15.6. The number of piperidine rings is 1. The molecule has 3 fully saturated rings. The van der Waals surface area contributed by atoms with Crippen LogP contribution in [0.15, 0.2) is 66.3 Å². The van der Waals surface area contributed by atoms with Gasteiger partial charge in [0.25, 0.3) is 0 Å². The van der Waals surface area contributed by atoms with E-state index in [1.165, 1.54) is 23.3 Å². The van der Waals surface area contributed by atoms with Gasteiger partial charge >= 0.3 is 18.2 Å². The number of likely N-dealkylation sites (tertiary alicyclic amines) is 2. The van der Waals surface area contributed by atoms with E-state index >= 15 is 9.59 Å². The Labute approximate surface area is 734 Å². The molecule has 4 heterocycles. The standard InChI is InChI=1S/C87H138N14O22S/c1-15-59(6)75(71(112-13)52-72(102)100-31-20-24-70(100)77(113-14)60(7)78(103)93-69(82-89-30-48-124-82)49-61-21-17-16-18-22-61)98(11)83(107)74(58(4)5)94-81(106)76-62-26-28-67(51-62)101(76)86(110)122-55-63-25-27-65(91-79(104)68(23-19-29-90-84(88)108)92-80(105)73(57(2)3)95-85(109)123-87(8,9)10)50-64(63)54-121-56-66-53-99(97-96-66)32-33-114-36-37-116-40-41-118-44-45-120-47-46-119-43-42-117-39-38-115-35-34-111-12/h16-18,21-22,25,27,30,48,50,53,57-60,62,67-71,73-77H,15,19-20,23-24,26,28-29,31-47,49,51-52,54-56H2,1-14H3,(H,91,104)(H,92,105)(H,93,103)(H,94,106)(H,95,109)(H3,88,90,108)/t59-,60+,62-,67+,68-,69-,70-,71+,73-,74-,75-,76-,77+/m0/s1. The number of carbonyl (C=O) groups is 9. The predicted molar refractivity (Wildman–Crippen MR) is 461 cm³/mol. The number of anilines is 1. The lowest BCUT2D eigenvalue weighted by molar-refractivity contribution is -0.148. The highest BCUT2D eigenvalue weighted by Gasteiger charge is 2.53. The number of amides is 10. The van der Waals surface area contributed by atoms with Crippen molar-refractivity contribution < 1.29 is 105 Å². The van der Waals surface area contributed by atoms with E-state index in [2.05, 4.69) is 47.2 Å². The smallest absolute Gasteiger partial charge is 0.411 e. The molecule has 1 saturated carbocycles. The van der Waals surface area contributed by atoms with Crippen molar-refractivity contribution in [1.82, 2.24) is 61.3 Å². The summed E-state index contributed by atoms with van der Waals surface area (Å²) in [4.78, 5) is 137. The van der Waals surface area contributed by atoms with E-state index in [9.17, 15) is 33.6 Å². The van der Waals surface area contributed by atoms with Gasteiger partial charge in [0, 0.05) is 64.8 Å². The maximum atomic E-state index is 15.2. The molecule has 0 radical (unpaired) electrons. The summed E-state index contributed by atoms with van der Waals surface area (Å²) < 4.78 is 75.8. The topological polar surface area (TPSA) is 425 Å². The molecule has 10 amide bonds. The molecule has 2 aromatic heterocycles. The average molecular weight is 1760 g/mol. The number of nitrogens with one attached hydrogen (secondary N) is 6. The number of nitrogens with two attached hydrogens (primary N) is 1. The number of aromatic nitrogens is 4. The number of nitrogens with zero attached hydrogens (tertiary/aromatic N) is 7. The highest BCUT2D eigenvalue weighted by molar-refractivity contribution is 7.09. The number of ether oxygens (including phenoxy) is 13. The number of urea groups is 1. The monoisotopic (exact) mass is 1760 g/mol. The van der Waals surface area contributed by atoms with Crippen molar-refractivity contribution in [2.75, 3.05) is 146 Å². The number of fused-ring (bicyclic) bond motifs is 2. The first kappa shape index (κ1) is 102. The highest BCUT2D eigenvalue weighted by atomic mass is 32.1. The summed E-state index contributed by atoms with van der Waals surface area (Å²) in [5.41, 5.74) is 7.25. The quantitative estimate of drug-likeness (QED) is 0.0213. The molecule has 4 aromatic rings. The molecule has 8 N–H and O–H groups in total. The fraction of sp³-hybridized carbons (Fsp3) is 0.701. The Morgan fingerprint density at radius 2 is 1.32 bits per heavy atom. The predicted octanol–water partition coefficient (Wildman–Crippen LogP) is 7.29. The maximum Gasteiger partial charge on any atom is 0.411 e. The highest BCUT2D eigenvalue weighted by Crippen LogP contribution is 2.43. The molecule has 694 valence electrons. The van der Waals surface area contributed by atoms with E-state index in [1.807, 2.05) is 70.3 Å². The second kappa shape index (κ2) is 54.4. The Balaban J connectivity index is 0.979. The van der Waals surface area contributed by atoms with Crippen LogP contribution in [-0.4, -0.2) is 289 Å². The molecule has 36 nitrogen and oxygen atoms in total. The number of thiazole rings is 1. The Bertz CT molecular complexity index is 3860. The van der Waals surface area contributed by atoms with Gasteiger partial charge in [-0.15, -0.1) is 16.4 Å². The average Bonchev–Trinajstić information content (AvgIpc) is 1.61. The van der Waals surface area contributed by atoms with Crippen LogP contribution >= 0.6 is 11.3 Å². The minimum Gasteiger partial charge on any atom is -0.445 e. The molecule has 0 spiro atoms. The SMILES string of the molecule is CC[C@H](C)[C@@H]([C@@H](CC(=O)N1CCC[C@H]1[C@H](OC)[C@@H](C)C(=O)N[C@@H](Cc1ccccc1)c1nccs1)OC)N(C)C(=O)[C@@H](NC(=O)[C@@H]1[C@H]2CC[C@H](C2)N1C(=O)OCc1ccc(NC(=O)[C@H](CCCNC(N)=O)NC(=O)[C@@H](NC(=O)OC(C)(C)C)C(C)C)cc1COCc1cn(CCOCCOCCOCCOCCOCCOCCOCCOC)nn1)C(C)C. The molecule has 124 heavy (non-hydrogen) atoms. The Kier molecular flexibility index (Phi) is 45.0. The lowest BCUT2D eigenvalue weighted by atomic mass is 9.89. The van der Waals surface area contributed by atoms with Crippen molar-refractivity contribution >= 4 is 70.7 Å². The van der Waals surface area contributed by atoms with E-state index in [-0.39, 0.29) is 87.0 Å². The van der Waals surface area contributed by atoms with Crippen LogP contribution in [0.2, 0.25) is 0 Å². The van der Waals surface area contributed by atoms with Gasteiger partial charge in [0.2, 0.25) is 35.4 Å². The van der Waals surface area contributed by atoms with E-state index < -0.39 is 114 Å². The number of methoxy groups -OCH3 is 3. The molecular weight excluding hydrogens is 1630 g/mol. The van der Waals surface area contributed by atoms with Gasteiger partial charge in [-0.05, 0) is 125 Å². The first-order chi connectivity index (χ1) is 59.6. The van der Waals surface area contributed by atoms with Gasteiger partial charge < -0.3 is 109 Å². The third-order valence-corrected chi connectivity index (χ3v) is 23.1. The third-order valence-electron chi connectivity index (χ3n) is 22.2. The first-order valence-electron chi connectivity index (χ1n) is 43.4. The van der Waals surface area contributed by atoms with Crippen molar-refractivity contribution in [3.63, 3.8) is 0 Å². The van der Waals surface area contributed by atoms with Gasteiger partial charge in [-0.25, -0.2) is 24.0 Å². The summed E-state index contributed by atoms with van der Waals surface area (Å²) in [5.74, 6) is -4.60. The Hall–Kier alpha value is -8.60. The minimum absolute atomic E-state index is 0.0164. The third kappa shape index (κ3) is 34.0. The molecule has 2 aromatic carbocycles. The lowest BCUT2D eigenvalue weighted by Gasteiger charge is -2.41. The Morgan fingerprint density at radius 1 is 0.685 bits per heavy atom. The van der Waals surface area contributed by atoms with Crippen LogP contribution in [0.3, 0.4) is 0 Å². The molecule has 37 heteroatoms. The van der Waals surface area contributed by atoms with Crippen LogP contribution in [0.1, 0.15) is 160 Å². The van der Waals surface area contributed by atoms with Gasteiger partial charge in [-0.2, -0.15) is 0 Å². The number of likely N-dealkylation sites (N-methyl/N-ethyl adjacent to an activating group) is 1. The van der Waals surface area contributed by atoms with Gasteiger partial charge in [0.05, 0.1) is 168 Å². The fourth-order valence-corrected chi connectivity index (χ4v) is 16.3. The zero-order valence-electron chi connectivity index (χ0n) is 75.0. The van der Waals surface area contributed by atoms with Crippen molar-refractivity contribution in [2.24, 2.45) is 35.3 Å². The maximum absolute atomic E-state index is 15.2. The molecule has 2 saturated heterocycles. The lowest BCUT2D eigenvalue weighted by Crippen LogP contribution is -2.60. The summed E-state index contributed by atoms with van der Waals surface area (Å²) in [5, 5.41) is 28.4. The number of carbonyl (C=O) groups excluding carboxylic acids is 9. The second-order valence-electron chi connectivity index (χ2n) is 33.2. The summed E-state index contributed by atoms with van der Waals surface area (Å²) >= 11 is 1.47. The van der Waals surface area contributed by atoms with Crippen molar-refractivity contribution in [3.05, 3.63) is 93.7 Å². The van der Waals surface area contributed by atoms with Gasteiger partial charge in [0.15, 0.2) is 0 Å². The molecular formula is C87H138N14O22S. The zero-order chi connectivity index (χ0) is 90.1. The number of rotatable bonds is 59. The number of benzene rings is 2. The molecule has 3 aliphatic rings. The van der Waals surface area contributed by atoms with Crippen LogP contribution in [0.25, 0.3) is 0 Å². The molecule has 7 rings (SSSR count). The molecule has 2 bridgehead atoms. The number of hydrogen-bond acceptors (Lipinski definition) is 26. The summed E-state index contributed by atoms with van der Waals surface area (Å²) in [6, 6.07) is 7.88. The van der Waals surface area contributed by atoms with Crippen LogP contribution < -0.4 is 37.6 Å². The zero-order valence-corrected chi connectivity index (χ0v) is 75.8. The number of hydrogen-bond donors (Lipinski definition) is 7. The number of alkyl carbamates (subject to hydrolysis) is 1. The molecule has 1 aliphatic carbocycles. The first-order valence-corrected chi connectivity index (χ1v) is 44.3. The van der Waals surface area contributed by atoms with Crippen LogP contribution in [0.5, 0.6) is 0 Å². The van der Waals surface area contributed by atoms with E-state index in [0.29, 0.717) is 174 Å². The largest absolute Gasteiger partial charge is 0.445 e.